The Labute approximate surface area is 124 Å². The Morgan fingerprint density at radius 1 is 1.10 bits per heavy atom. The summed E-state index contributed by atoms with van der Waals surface area (Å²) in [5.41, 5.74) is 3.26. The van der Waals surface area contributed by atoms with Crippen LogP contribution in [0, 0.1) is 0 Å². The van der Waals surface area contributed by atoms with Gasteiger partial charge in [-0.15, -0.1) is 0 Å². The quantitative estimate of drug-likeness (QED) is 0.824. The molecule has 0 atom stereocenters. The van der Waals surface area contributed by atoms with E-state index < -0.39 is 0 Å². The van der Waals surface area contributed by atoms with Crippen LogP contribution in [0.1, 0.15) is 28.4 Å². The number of rotatable bonds is 1. The Kier molecular flexibility index (Phi) is 3.92. The van der Waals surface area contributed by atoms with Gasteiger partial charge in [0, 0.05) is 45.2 Å². The minimum atomic E-state index is 0.0882. The predicted octanol–water partition coefficient (Wildman–Crippen LogP) is 0.637. The highest BCUT2D eigenvalue weighted by Crippen LogP contribution is 2.20. The molecule has 1 aromatic carbocycles. The van der Waals surface area contributed by atoms with Crippen LogP contribution in [0.5, 0.6) is 0 Å². The summed E-state index contributed by atoms with van der Waals surface area (Å²) in [6, 6.07) is 5.99. The van der Waals surface area contributed by atoms with Gasteiger partial charge in [-0.1, -0.05) is 12.1 Å². The van der Waals surface area contributed by atoms with Crippen LogP contribution in [-0.4, -0.2) is 54.3 Å². The Hall–Kier alpha value is -1.88. The van der Waals surface area contributed by atoms with E-state index in [9.17, 15) is 9.59 Å². The molecule has 21 heavy (non-hydrogen) atoms. The second-order valence-electron chi connectivity index (χ2n) is 5.67. The van der Waals surface area contributed by atoms with Crippen molar-refractivity contribution in [3.8, 4) is 0 Å². The van der Waals surface area contributed by atoms with E-state index in [1.165, 1.54) is 11.1 Å². The molecular weight excluding hydrogens is 266 g/mol. The molecule has 1 N–H and O–H groups in total. The molecule has 1 saturated heterocycles. The van der Waals surface area contributed by atoms with Gasteiger partial charge in [0.2, 0.25) is 5.91 Å². The van der Waals surface area contributed by atoms with Crippen molar-refractivity contribution >= 4 is 11.8 Å². The van der Waals surface area contributed by atoms with Gasteiger partial charge in [0.05, 0.1) is 0 Å². The first-order valence-corrected chi connectivity index (χ1v) is 7.53. The highest BCUT2D eigenvalue weighted by molar-refractivity contribution is 5.96. The van der Waals surface area contributed by atoms with Crippen molar-refractivity contribution in [3.63, 3.8) is 0 Å². The lowest BCUT2D eigenvalue weighted by Gasteiger charge is -2.35. The fourth-order valence-corrected chi connectivity index (χ4v) is 3.13. The van der Waals surface area contributed by atoms with Gasteiger partial charge in [-0.3, -0.25) is 9.59 Å². The van der Waals surface area contributed by atoms with Crippen LogP contribution in [0.3, 0.4) is 0 Å². The number of piperazine rings is 1. The van der Waals surface area contributed by atoms with Crippen molar-refractivity contribution in [3.05, 3.63) is 34.9 Å². The second kappa shape index (κ2) is 5.85. The molecule has 0 radical (unpaired) electrons. The highest BCUT2D eigenvalue weighted by atomic mass is 16.2. The van der Waals surface area contributed by atoms with Crippen LogP contribution in [-0.2, 0) is 17.8 Å². The van der Waals surface area contributed by atoms with Crippen molar-refractivity contribution in [2.75, 3.05) is 32.7 Å². The van der Waals surface area contributed by atoms with Crippen molar-refractivity contribution in [2.45, 2.75) is 19.9 Å². The molecule has 2 aliphatic rings. The van der Waals surface area contributed by atoms with E-state index in [4.69, 9.17) is 0 Å². The third-order valence-electron chi connectivity index (χ3n) is 4.38. The molecule has 112 valence electrons. The van der Waals surface area contributed by atoms with Crippen molar-refractivity contribution in [2.24, 2.45) is 0 Å². The monoisotopic (exact) mass is 287 g/mol. The normalized spacial score (nSPS) is 18.3. The Morgan fingerprint density at radius 2 is 1.81 bits per heavy atom. The van der Waals surface area contributed by atoms with E-state index in [1.54, 1.807) is 11.8 Å². The topological polar surface area (TPSA) is 52.7 Å². The van der Waals surface area contributed by atoms with Crippen LogP contribution in [0.15, 0.2) is 18.2 Å². The summed E-state index contributed by atoms with van der Waals surface area (Å²) < 4.78 is 0. The maximum absolute atomic E-state index is 12.8. The molecule has 2 amide bonds. The SMILES string of the molecule is CC(=O)N1CCN(C(=O)c2cccc3c2CCNC3)CC1. The van der Waals surface area contributed by atoms with E-state index in [-0.39, 0.29) is 11.8 Å². The van der Waals surface area contributed by atoms with Gasteiger partial charge in [0.1, 0.15) is 0 Å². The van der Waals surface area contributed by atoms with E-state index in [2.05, 4.69) is 11.4 Å². The van der Waals surface area contributed by atoms with Gasteiger partial charge >= 0.3 is 0 Å². The maximum atomic E-state index is 12.8. The number of fused-ring (bicyclic) bond motifs is 1. The molecule has 1 fully saturated rings. The van der Waals surface area contributed by atoms with Crippen LogP contribution in [0.25, 0.3) is 0 Å². The van der Waals surface area contributed by atoms with Gasteiger partial charge < -0.3 is 15.1 Å². The van der Waals surface area contributed by atoms with E-state index in [0.717, 1.165) is 25.1 Å². The van der Waals surface area contributed by atoms with Gasteiger partial charge in [-0.2, -0.15) is 0 Å². The smallest absolute Gasteiger partial charge is 0.254 e. The van der Waals surface area contributed by atoms with E-state index in [0.29, 0.717) is 26.2 Å². The zero-order valence-corrected chi connectivity index (χ0v) is 12.4. The summed E-state index contributed by atoms with van der Waals surface area (Å²) in [5.74, 6) is 0.196. The number of amides is 2. The average molecular weight is 287 g/mol. The van der Waals surface area contributed by atoms with Crippen molar-refractivity contribution < 1.29 is 9.59 Å². The Balaban J connectivity index is 1.76. The first kappa shape index (κ1) is 14.1. The summed E-state index contributed by atoms with van der Waals surface area (Å²) in [4.78, 5) is 27.8. The van der Waals surface area contributed by atoms with Crippen LogP contribution < -0.4 is 5.32 Å². The fraction of sp³-hybridized carbons (Fsp3) is 0.500. The lowest BCUT2D eigenvalue weighted by Crippen LogP contribution is -2.50. The van der Waals surface area contributed by atoms with Crippen molar-refractivity contribution in [1.82, 2.24) is 15.1 Å². The van der Waals surface area contributed by atoms with Crippen molar-refractivity contribution in [1.29, 1.82) is 0 Å². The molecule has 1 aromatic rings. The lowest BCUT2D eigenvalue weighted by molar-refractivity contribution is -0.130. The number of hydrogen-bond acceptors (Lipinski definition) is 3. The van der Waals surface area contributed by atoms with E-state index >= 15 is 0 Å². The minimum absolute atomic E-state index is 0.0882. The standard InChI is InChI=1S/C16H21N3O2/c1-12(20)18-7-9-19(10-8-18)16(21)15-4-2-3-13-11-17-6-5-14(13)15/h2-4,17H,5-11H2,1H3. The first-order valence-electron chi connectivity index (χ1n) is 7.53. The minimum Gasteiger partial charge on any atom is -0.339 e. The molecule has 3 rings (SSSR count). The number of benzene rings is 1. The molecule has 2 aliphatic heterocycles. The molecule has 0 saturated carbocycles. The van der Waals surface area contributed by atoms with Gasteiger partial charge in [-0.05, 0) is 30.2 Å². The molecule has 5 nitrogen and oxygen atoms in total. The van der Waals surface area contributed by atoms with Gasteiger partial charge in [0.25, 0.3) is 5.91 Å². The second-order valence-corrected chi connectivity index (χ2v) is 5.67. The van der Waals surface area contributed by atoms with E-state index in [1.807, 2.05) is 17.0 Å². The summed E-state index contributed by atoms with van der Waals surface area (Å²) in [5, 5.41) is 3.34. The lowest BCUT2D eigenvalue weighted by atomic mass is 9.94. The summed E-state index contributed by atoms with van der Waals surface area (Å²) >= 11 is 0. The molecule has 0 unspecified atom stereocenters. The molecule has 5 heteroatoms. The molecular formula is C16H21N3O2. The molecule has 0 spiro atoms. The molecule has 2 heterocycles. The number of nitrogens with zero attached hydrogens (tertiary/aromatic N) is 2. The molecule has 0 aliphatic carbocycles. The Morgan fingerprint density at radius 3 is 2.52 bits per heavy atom. The van der Waals surface area contributed by atoms with Crippen LogP contribution in [0.2, 0.25) is 0 Å². The average Bonchev–Trinajstić information content (AvgIpc) is 2.53. The van der Waals surface area contributed by atoms with Gasteiger partial charge in [-0.25, -0.2) is 0 Å². The summed E-state index contributed by atoms with van der Waals surface area (Å²) in [6.07, 6.45) is 0.907. The number of nitrogens with one attached hydrogen (secondary N) is 1. The highest BCUT2D eigenvalue weighted by Gasteiger charge is 2.25. The maximum Gasteiger partial charge on any atom is 0.254 e. The summed E-state index contributed by atoms with van der Waals surface area (Å²) in [6.45, 7) is 5.87. The molecule has 0 aromatic heterocycles. The van der Waals surface area contributed by atoms with Crippen LogP contribution in [0.4, 0.5) is 0 Å². The number of hydrogen-bond donors (Lipinski definition) is 1. The third kappa shape index (κ3) is 2.78. The van der Waals surface area contributed by atoms with Gasteiger partial charge in [0.15, 0.2) is 0 Å². The summed E-state index contributed by atoms with van der Waals surface area (Å²) in [7, 11) is 0. The Bertz CT molecular complexity index is 563. The largest absolute Gasteiger partial charge is 0.339 e. The predicted molar refractivity (Wildman–Crippen MR) is 80.0 cm³/mol. The number of carbonyl (C=O) groups excluding carboxylic acids is 2. The zero-order valence-electron chi connectivity index (χ0n) is 12.4. The molecule has 0 bridgehead atoms. The number of carbonyl (C=O) groups is 2. The third-order valence-corrected chi connectivity index (χ3v) is 4.38. The fourth-order valence-electron chi connectivity index (χ4n) is 3.13. The van der Waals surface area contributed by atoms with Crippen LogP contribution >= 0.6 is 0 Å². The zero-order chi connectivity index (χ0) is 14.8. The first-order chi connectivity index (χ1) is 10.2.